The van der Waals surface area contributed by atoms with Gasteiger partial charge in [-0.15, -0.1) is 0 Å². The van der Waals surface area contributed by atoms with Crippen LogP contribution in [0.1, 0.15) is 114 Å². The van der Waals surface area contributed by atoms with E-state index in [9.17, 15) is 0 Å². The van der Waals surface area contributed by atoms with E-state index in [0.717, 1.165) is 22.5 Å². The van der Waals surface area contributed by atoms with Gasteiger partial charge >= 0.3 is 0 Å². The molecule has 0 N–H and O–H groups in total. The minimum absolute atomic E-state index is 0.157. The van der Waals surface area contributed by atoms with Gasteiger partial charge in [0, 0.05) is 34.6 Å². The molecule has 0 amide bonds. The monoisotopic (exact) mass is 708 g/mol. The number of rotatable bonds is 5. The van der Waals surface area contributed by atoms with Crippen molar-refractivity contribution >= 4 is 0 Å². The molecule has 2 nitrogen and oxygen atoms in total. The molecule has 0 saturated carbocycles. The number of pyridine rings is 2. The Morgan fingerprint density at radius 1 is 0.389 bits per heavy atom. The molecule has 54 heavy (non-hydrogen) atoms. The van der Waals surface area contributed by atoms with Crippen molar-refractivity contribution in [3.63, 3.8) is 0 Å². The molecule has 4 aromatic carbocycles. The van der Waals surface area contributed by atoms with Crippen LogP contribution in [0.3, 0.4) is 0 Å². The minimum Gasteiger partial charge on any atom is -0.256 e. The predicted octanol–water partition coefficient (Wildman–Crippen LogP) is 14.1. The third-order valence-corrected chi connectivity index (χ3v) is 13.0. The smallest absolute Gasteiger partial charge is 0.0702 e. The lowest BCUT2D eigenvalue weighted by Crippen LogP contribution is -2.33. The van der Waals surface area contributed by atoms with Crippen molar-refractivity contribution in [3.8, 4) is 55.9 Å². The van der Waals surface area contributed by atoms with E-state index in [4.69, 9.17) is 9.97 Å². The first kappa shape index (κ1) is 36.2. The first-order valence-corrected chi connectivity index (χ1v) is 20.0. The van der Waals surface area contributed by atoms with E-state index in [1.54, 1.807) is 0 Å². The van der Waals surface area contributed by atoms with E-state index in [2.05, 4.69) is 179 Å². The van der Waals surface area contributed by atoms with Crippen molar-refractivity contribution in [1.82, 2.24) is 9.97 Å². The highest BCUT2D eigenvalue weighted by molar-refractivity contribution is 5.95. The number of aryl methyl sites for hydroxylation is 2. The Balaban J connectivity index is 1.19. The van der Waals surface area contributed by atoms with Crippen molar-refractivity contribution < 1.29 is 0 Å². The van der Waals surface area contributed by atoms with E-state index < -0.39 is 0 Å². The zero-order valence-corrected chi connectivity index (χ0v) is 34.1. The maximum absolute atomic E-state index is 5.11. The van der Waals surface area contributed by atoms with Gasteiger partial charge in [-0.2, -0.15) is 0 Å². The number of nitrogens with zero attached hydrogens (tertiary/aromatic N) is 2. The van der Waals surface area contributed by atoms with Gasteiger partial charge in [0.1, 0.15) is 0 Å². The van der Waals surface area contributed by atoms with E-state index in [0.29, 0.717) is 0 Å². The molecule has 8 rings (SSSR count). The van der Waals surface area contributed by atoms with E-state index in [1.165, 1.54) is 92.4 Å². The predicted molar refractivity (Wildman–Crippen MR) is 229 cm³/mol. The van der Waals surface area contributed by atoms with Crippen molar-refractivity contribution in [2.75, 3.05) is 0 Å². The quantitative estimate of drug-likeness (QED) is 0.178. The van der Waals surface area contributed by atoms with Crippen molar-refractivity contribution in [1.29, 1.82) is 0 Å². The third kappa shape index (κ3) is 6.42. The Hall–Kier alpha value is -4.82. The van der Waals surface area contributed by atoms with Crippen LogP contribution in [0.4, 0.5) is 0 Å². The van der Waals surface area contributed by atoms with Gasteiger partial charge in [0.15, 0.2) is 0 Å². The van der Waals surface area contributed by atoms with Crippen LogP contribution in [-0.2, 0) is 21.7 Å². The molecule has 0 spiro atoms. The highest BCUT2D eigenvalue weighted by Crippen LogP contribution is 2.48. The standard InChI is InChI=1S/C52H56N2/c1-33-26-34(2)28-39(27-33)48-40(37-16-20-46(53-31-37)35-14-18-42-44(29-35)51(7,8)24-22-49(42,3)4)12-11-13-41(48)38-17-21-47(54-32-38)36-15-19-43-45(30-36)52(9,10)25-23-50(43,5)6/h11-21,26-32H,22-25H2,1-10H3. The number of aromatic nitrogens is 2. The topological polar surface area (TPSA) is 25.8 Å². The van der Waals surface area contributed by atoms with Gasteiger partial charge < -0.3 is 0 Å². The van der Waals surface area contributed by atoms with Crippen LogP contribution in [0.2, 0.25) is 0 Å². The largest absolute Gasteiger partial charge is 0.256 e. The summed E-state index contributed by atoms with van der Waals surface area (Å²) >= 11 is 0. The Kier molecular flexibility index (Phi) is 8.64. The zero-order chi connectivity index (χ0) is 38.2. The fraction of sp³-hybridized carbons (Fsp3) is 0.346. The molecule has 0 bridgehead atoms. The summed E-state index contributed by atoms with van der Waals surface area (Å²) in [7, 11) is 0. The molecule has 2 heterocycles. The van der Waals surface area contributed by atoms with Crippen LogP contribution >= 0.6 is 0 Å². The Labute approximate surface area is 324 Å². The molecule has 0 radical (unpaired) electrons. The zero-order valence-electron chi connectivity index (χ0n) is 34.1. The SMILES string of the molecule is Cc1cc(C)cc(-c2c(-c3ccc(-c4ccc5c(c4)C(C)(C)CCC5(C)C)nc3)cccc2-c2ccc(-c3ccc4c(c3)C(C)(C)CCC4(C)C)nc2)c1. The van der Waals surface area contributed by atoms with Gasteiger partial charge in [-0.25, -0.2) is 0 Å². The number of hydrogen-bond acceptors (Lipinski definition) is 2. The summed E-state index contributed by atoms with van der Waals surface area (Å²) in [5.41, 5.74) is 20.5. The minimum atomic E-state index is 0.157. The van der Waals surface area contributed by atoms with Gasteiger partial charge in [-0.3, -0.25) is 9.97 Å². The highest BCUT2D eigenvalue weighted by atomic mass is 14.7. The molecule has 274 valence electrons. The van der Waals surface area contributed by atoms with E-state index >= 15 is 0 Å². The van der Waals surface area contributed by atoms with Crippen LogP contribution in [0.25, 0.3) is 55.9 Å². The molecule has 0 fully saturated rings. The van der Waals surface area contributed by atoms with Crippen molar-refractivity contribution in [3.05, 3.63) is 143 Å². The summed E-state index contributed by atoms with van der Waals surface area (Å²) in [5, 5.41) is 0. The lowest BCUT2D eigenvalue weighted by Gasteiger charge is -2.42. The summed E-state index contributed by atoms with van der Waals surface area (Å²) in [4.78, 5) is 10.2. The molecule has 0 unspecified atom stereocenters. The van der Waals surface area contributed by atoms with Crippen LogP contribution in [0.15, 0.2) is 109 Å². The Morgan fingerprint density at radius 2 is 0.778 bits per heavy atom. The van der Waals surface area contributed by atoms with Crippen LogP contribution in [0.5, 0.6) is 0 Å². The van der Waals surface area contributed by atoms with Gasteiger partial charge in [0.25, 0.3) is 0 Å². The van der Waals surface area contributed by atoms with Crippen molar-refractivity contribution in [2.45, 2.75) is 117 Å². The highest BCUT2D eigenvalue weighted by Gasteiger charge is 2.38. The molecule has 0 saturated heterocycles. The third-order valence-electron chi connectivity index (χ3n) is 13.0. The normalized spacial score (nSPS) is 17.7. The molecule has 0 atom stereocenters. The fourth-order valence-electron chi connectivity index (χ4n) is 9.41. The molecule has 2 aliphatic carbocycles. The van der Waals surface area contributed by atoms with Gasteiger partial charge in [0.05, 0.1) is 11.4 Å². The molecule has 2 heteroatoms. The fourth-order valence-corrected chi connectivity index (χ4v) is 9.41. The summed E-state index contributed by atoms with van der Waals surface area (Å²) < 4.78 is 0. The average molecular weight is 709 g/mol. The maximum Gasteiger partial charge on any atom is 0.0702 e. The lowest BCUT2D eigenvalue weighted by atomic mass is 9.63. The molecule has 2 aromatic heterocycles. The summed E-state index contributed by atoms with van der Waals surface area (Å²) in [5.74, 6) is 0. The average Bonchev–Trinajstić information content (AvgIpc) is 3.15. The number of hydrogen-bond donors (Lipinski definition) is 0. The molecular weight excluding hydrogens is 653 g/mol. The van der Waals surface area contributed by atoms with E-state index in [-0.39, 0.29) is 21.7 Å². The van der Waals surface area contributed by atoms with Gasteiger partial charge in [-0.05, 0) is 130 Å². The first-order valence-electron chi connectivity index (χ1n) is 20.0. The molecule has 6 aromatic rings. The Bertz CT molecular complexity index is 2220. The van der Waals surface area contributed by atoms with Gasteiger partial charge in [0.2, 0.25) is 0 Å². The van der Waals surface area contributed by atoms with Crippen molar-refractivity contribution in [2.24, 2.45) is 0 Å². The molecular formula is C52H56N2. The van der Waals surface area contributed by atoms with Crippen LogP contribution < -0.4 is 0 Å². The number of fused-ring (bicyclic) bond motifs is 2. The second-order valence-corrected chi connectivity index (χ2v) is 19.0. The second kappa shape index (κ2) is 12.9. The van der Waals surface area contributed by atoms with E-state index in [1.807, 2.05) is 0 Å². The van der Waals surface area contributed by atoms with Crippen LogP contribution in [0, 0.1) is 13.8 Å². The lowest BCUT2D eigenvalue weighted by molar-refractivity contribution is 0.332. The van der Waals surface area contributed by atoms with Crippen LogP contribution in [-0.4, -0.2) is 9.97 Å². The first-order chi connectivity index (χ1) is 25.5. The second-order valence-electron chi connectivity index (χ2n) is 19.0. The molecule has 2 aliphatic rings. The summed E-state index contributed by atoms with van der Waals surface area (Å²) in [6.07, 6.45) is 8.96. The maximum atomic E-state index is 5.11. The number of benzene rings is 4. The molecule has 0 aliphatic heterocycles. The summed E-state index contributed by atoms with van der Waals surface area (Å²) in [6.45, 7) is 23.5. The van der Waals surface area contributed by atoms with Gasteiger partial charge in [-0.1, -0.05) is 139 Å². The summed E-state index contributed by atoms with van der Waals surface area (Å²) in [6, 6.07) is 36.5. The Morgan fingerprint density at radius 3 is 1.17 bits per heavy atom.